The smallest absolute Gasteiger partial charge is 0.271 e. The lowest BCUT2D eigenvalue weighted by atomic mass is 10.1. The van der Waals surface area contributed by atoms with E-state index in [2.05, 4.69) is 9.80 Å². The highest BCUT2D eigenvalue weighted by atomic mass is 35.5. The van der Waals surface area contributed by atoms with Crippen LogP contribution in [0, 0.1) is 17.0 Å². The first-order valence-electron chi connectivity index (χ1n) is 7.50. The molecule has 1 aromatic carbocycles. The number of hydrogen-bond donors (Lipinski definition) is 0. The summed E-state index contributed by atoms with van der Waals surface area (Å²) in [5.41, 5.74) is 1.91. The van der Waals surface area contributed by atoms with Crippen LogP contribution in [0.2, 0.25) is 5.02 Å². The molecule has 1 aliphatic heterocycles. The summed E-state index contributed by atoms with van der Waals surface area (Å²) < 4.78 is 0. The van der Waals surface area contributed by atoms with Crippen LogP contribution in [-0.2, 0) is 0 Å². The molecule has 1 aromatic rings. The molecule has 3 rings (SSSR count). The number of hydrogen-bond acceptors (Lipinski definition) is 4. The second kappa shape index (κ2) is 5.81. The van der Waals surface area contributed by atoms with E-state index in [-0.39, 0.29) is 10.6 Å². The molecule has 5 nitrogen and oxygen atoms in total. The van der Waals surface area contributed by atoms with E-state index in [1.807, 2.05) is 6.92 Å². The Labute approximate surface area is 129 Å². The van der Waals surface area contributed by atoms with E-state index in [4.69, 9.17) is 11.6 Å². The molecule has 1 heterocycles. The van der Waals surface area contributed by atoms with Crippen molar-refractivity contribution >= 4 is 23.0 Å². The van der Waals surface area contributed by atoms with Crippen LogP contribution >= 0.6 is 11.6 Å². The highest BCUT2D eigenvalue weighted by Gasteiger charge is 2.30. The minimum absolute atomic E-state index is 0.0654. The largest absolute Gasteiger partial charge is 0.369 e. The molecule has 114 valence electrons. The Kier molecular flexibility index (Phi) is 4.04. The second-order valence-corrected chi connectivity index (χ2v) is 6.37. The zero-order valence-corrected chi connectivity index (χ0v) is 13.0. The van der Waals surface area contributed by atoms with Crippen molar-refractivity contribution in [3.63, 3.8) is 0 Å². The summed E-state index contributed by atoms with van der Waals surface area (Å²) in [7, 11) is 0. The lowest BCUT2D eigenvalue weighted by molar-refractivity contribution is -0.384. The molecule has 6 heteroatoms. The lowest BCUT2D eigenvalue weighted by Gasteiger charge is -2.26. The maximum atomic E-state index is 10.9. The molecule has 1 saturated carbocycles. The minimum atomic E-state index is -0.389. The number of anilines is 1. The van der Waals surface area contributed by atoms with E-state index in [1.165, 1.54) is 18.9 Å². The van der Waals surface area contributed by atoms with Gasteiger partial charge in [-0.15, -0.1) is 0 Å². The average Bonchev–Trinajstić information content (AvgIpc) is 3.24. The molecule has 0 spiro atoms. The Morgan fingerprint density at radius 3 is 2.62 bits per heavy atom. The summed E-state index contributed by atoms with van der Waals surface area (Å²) in [6.45, 7) is 6.00. The SMILES string of the molecule is Cc1cc([N+](=O)[O-])cc(Cl)c1N1CCCN(C2CC2)CC1. The second-order valence-electron chi connectivity index (χ2n) is 5.96. The molecular formula is C15H20ClN3O2. The lowest BCUT2D eigenvalue weighted by Crippen LogP contribution is -2.32. The molecule has 0 amide bonds. The van der Waals surface area contributed by atoms with Crippen LogP contribution in [0.5, 0.6) is 0 Å². The summed E-state index contributed by atoms with van der Waals surface area (Å²) in [5.74, 6) is 0. The summed E-state index contributed by atoms with van der Waals surface area (Å²) in [6.07, 6.45) is 3.78. The van der Waals surface area contributed by atoms with Crippen molar-refractivity contribution in [1.82, 2.24) is 4.90 Å². The quantitative estimate of drug-likeness (QED) is 0.635. The summed E-state index contributed by atoms with van der Waals surface area (Å²) >= 11 is 6.32. The maximum Gasteiger partial charge on any atom is 0.271 e. The van der Waals surface area contributed by atoms with Crippen molar-refractivity contribution in [2.75, 3.05) is 31.1 Å². The van der Waals surface area contributed by atoms with Gasteiger partial charge in [0.1, 0.15) is 0 Å². The molecule has 1 aliphatic carbocycles. The zero-order chi connectivity index (χ0) is 15.0. The zero-order valence-electron chi connectivity index (χ0n) is 12.2. The number of non-ortho nitro benzene ring substituents is 1. The predicted octanol–water partition coefficient (Wildman–Crippen LogP) is 3.23. The standard InChI is InChI=1S/C15H20ClN3O2/c1-11-9-13(19(20)21)10-14(16)15(11)18-6-2-5-17(7-8-18)12-3-4-12/h9-10,12H,2-8H2,1H3. The van der Waals surface area contributed by atoms with Gasteiger partial charge in [-0.3, -0.25) is 15.0 Å². The van der Waals surface area contributed by atoms with Crippen molar-refractivity contribution in [3.05, 3.63) is 32.8 Å². The van der Waals surface area contributed by atoms with Crippen LogP contribution in [-0.4, -0.2) is 42.0 Å². The Morgan fingerprint density at radius 1 is 1.24 bits per heavy atom. The van der Waals surface area contributed by atoms with Gasteiger partial charge in [0, 0.05) is 44.4 Å². The van der Waals surface area contributed by atoms with Gasteiger partial charge in [-0.1, -0.05) is 11.6 Å². The summed E-state index contributed by atoms with van der Waals surface area (Å²) in [4.78, 5) is 15.4. The first-order valence-corrected chi connectivity index (χ1v) is 7.87. The predicted molar refractivity (Wildman–Crippen MR) is 84.3 cm³/mol. The molecule has 0 aromatic heterocycles. The number of nitro benzene ring substituents is 1. The molecule has 0 unspecified atom stereocenters. The van der Waals surface area contributed by atoms with E-state index in [0.29, 0.717) is 5.02 Å². The Morgan fingerprint density at radius 2 is 2.00 bits per heavy atom. The van der Waals surface area contributed by atoms with E-state index in [9.17, 15) is 10.1 Å². The molecule has 0 atom stereocenters. The van der Waals surface area contributed by atoms with Gasteiger partial charge in [0.15, 0.2) is 0 Å². The van der Waals surface area contributed by atoms with Crippen LogP contribution in [0.4, 0.5) is 11.4 Å². The normalized spacial score (nSPS) is 20.4. The van der Waals surface area contributed by atoms with Gasteiger partial charge in [-0.2, -0.15) is 0 Å². The van der Waals surface area contributed by atoms with Crippen LogP contribution in [0.15, 0.2) is 12.1 Å². The molecule has 0 radical (unpaired) electrons. The number of rotatable bonds is 3. The van der Waals surface area contributed by atoms with Crippen LogP contribution in [0.25, 0.3) is 0 Å². The summed E-state index contributed by atoms with van der Waals surface area (Å²) in [5, 5.41) is 11.4. The van der Waals surface area contributed by atoms with Gasteiger partial charge < -0.3 is 4.90 Å². The average molecular weight is 310 g/mol. The van der Waals surface area contributed by atoms with Crippen LogP contribution in [0.1, 0.15) is 24.8 Å². The monoisotopic (exact) mass is 309 g/mol. The van der Waals surface area contributed by atoms with Crippen molar-refractivity contribution in [2.24, 2.45) is 0 Å². The third-order valence-corrected chi connectivity index (χ3v) is 4.65. The van der Waals surface area contributed by atoms with Crippen molar-refractivity contribution in [3.8, 4) is 0 Å². The van der Waals surface area contributed by atoms with Crippen LogP contribution < -0.4 is 4.90 Å². The third-order valence-electron chi connectivity index (χ3n) is 4.36. The summed E-state index contributed by atoms with van der Waals surface area (Å²) in [6, 6.07) is 3.87. The molecule has 0 N–H and O–H groups in total. The minimum Gasteiger partial charge on any atom is -0.369 e. The fraction of sp³-hybridized carbons (Fsp3) is 0.600. The fourth-order valence-corrected chi connectivity index (χ4v) is 3.57. The first kappa shape index (κ1) is 14.6. The molecule has 2 aliphatic rings. The molecule has 1 saturated heterocycles. The van der Waals surface area contributed by atoms with E-state index < -0.39 is 0 Å². The maximum absolute atomic E-state index is 10.9. The van der Waals surface area contributed by atoms with E-state index >= 15 is 0 Å². The van der Waals surface area contributed by atoms with Gasteiger partial charge in [-0.05, 0) is 31.7 Å². The van der Waals surface area contributed by atoms with E-state index in [0.717, 1.165) is 49.9 Å². The van der Waals surface area contributed by atoms with Gasteiger partial charge in [0.2, 0.25) is 0 Å². The number of nitro groups is 1. The topological polar surface area (TPSA) is 49.6 Å². The highest BCUT2D eigenvalue weighted by molar-refractivity contribution is 6.33. The number of benzene rings is 1. The number of nitrogens with zero attached hydrogens (tertiary/aromatic N) is 3. The highest BCUT2D eigenvalue weighted by Crippen LogP contribution is 2.35. The Hall–Kier alpha value is -1.33. The van der Waals surface area contributed by atoms with Gasteiger partial charge in [0.05, 0.1) is 15.6 Å². The molecular weight excluding hydrogens is 290 g/mol. The first-order chi connectivity index (χ1) is 10.1. The van der Waals surface area contributed by atoms with Crippen LogP contribution in [0.3, 0.4) is 0 Å². The van der Waals surface area contributed by atoms with Crippen molar-refractivity contribution in [1.29, 1.82) is 0 Å². The number of halogens is 1. The van der Waals surface area contributed by atoms with Gasteiger partial charge in [-0.25, -0.2) is 0 Å². The third kappa shape index (κ3) is 3.14. The van der Waals surface area contributed by atoms with Crippen molar-refractivity contribution < 1.29 is 4.92 Å². The number of aryl methyl sites for hydroxylation is 1. The van der Waals surface area contributed by atoms with Gasteiger partial charge >= 0.3 is 0 Å². The Balaban J connectivity index is 1.81. The molecule has 0 bridgehead atoms. The van der Waals surface area contributed by atoms with Crippen molar-refractivity contribution in [2.45, 2.75) is 32.2 Å². The van der Waals surface area contributed by atoms with Gasteiger partial charge in [0.25, 0.3) is 5.69 Å². The van der Waals surface area contributed by atoms with E-state index in [1.54, 1.807) is 6.07 Å². The molecule has 2 fully saturated rings. The Bertz CT molecular complexity index is 537. The fourth-order valence-electron chi connectivity index (χ4n) is 3.19. The molecule has 21 heavy (non-hydrogen) atoms.